The van der Waals surface area contributed by atoms with Crippen LogP contribution < -0.4 is 5.32 Å². The van der Waals surface area contributed by atoms with Gasteiger partial charge in [-0.1, -0.05) is 11.6 Å². The van der Waals surface area contributed by atoms with Crippen LogP contribution in [0.3, 0.4) is 0 Å². The minimum Gasteiger partial charge on any atom is -0.318 e. The molecule has 0 unspecified atom stereocenters. The number of nitrogens with zero attached hydrogens (tertiary/aromatic N) is 4. The van der Waals surface area contributed by atoms with E-state index < -0.39 is 0 Å². The highest BCUT2D eigenvalue weighted by Gasteiger charge is 2.18. The molecule has 0 bridgehead atoms. The molecular weight excluding hydrogens is 254 g/mol. The Labute approximate surface area is 110 Å². The summed E-state index contributed by atoms with van der Waals surface area (Å²) in [5.41, 5.74) is 1.79. The number of halogens is 1. The Morgan fingerprint density at radius 3 is 2.83 bits per heavy atom. The second-order valence-electron chi connectivity index (χ2n) is 3.91. The summed E-state index contributed by atoms with van der Waals surface area (Å²) in [6.07, 6.45) is 3.21. The molecule has 2 heterocycles. The Hall–Kier alpha value is -1.82. The second kappa shape index (κ2) is 4.81. The molecule has 18 heavy (non-hydrogen) atoms. The molecule has 0 aliphatic carbocycles. The van der Waals surface area contributed by atoms with E-state index in [-0.39, 0.29) is 5.91 Å². The summed E-state index contributed by atoms with van der Waals surface area (Å²) >= 11 is 5.96. The van der Waals surface area contributed by atoms with Crippen LogP contribution in [-0.4, -0.2) is 25.5 Å². The number of aromatic nitrogens is 4. The molecule has 2 aromatic rings. The number of anilines is 1. The largest absolute Gasteiger partial charge is 0.318 e. The van der Waals surface area contributed by atoms with Crippen LogP contribution in [0.5, 0.6) is 0 Å². The van der Waals surface area contributed by atoms with E-state index in [1.807, 2.05) is 13.8 Å². The second-order valence-corrected chi connectivity index (χ2v) is 4.32. The molecule has 96 valence electrons. The van der Waals surface area contributed by atoms with Gasteiger partial charge in [-0.15, -0.1) is 0 Å². The molecule has 2 aromatic heterocycles. The monoisotopic (exact) mass is 267 g/mol. The lowest BCUT2D eigenvalue weighted by molar-refractivity contribution is 0.101. The van der Waals surface area contributed by atoms with Gasteiger partial charge in [0.2, 0.25) is 0 Å². The van der Waals surface area contributed by atoms with Crippen LogP contribution in [0.1, 0.15) is 23.1 Å². The lowest BCUT2D eigenvalue weighted by atomic mass is 10.3. The van der Waals surface area contributed by atoms with Crippen molar-refractivity contribution >= 4 is 23.2 Å². The summed E-state index contributed by atoms with van der Waals surface area (Å²) in [5, 5.41) is 11.3. The number of carbonyl (C=O) groups excluding carboxylic acids is 1. The Kier molecular flexibility index (Phi) is 3.38. The quantitative estimate of drug-likeness (QED) is 0.923. The fraction of sp³-hybridized carbons (Fsp3) is 0.364. The maximum Gasteiger partial charge on any atom is 0.275 e. The predicted octanol–water partition coefficient (Wildman–Crippen LogP) is 1.85. The first-order valence-electron chi connectivity index (χ1n) is 5.55. The van der Waals surface area contributed by atoms with E-state index >= 15 is 0 Å². The van der Waals surface area contributed by atoms with Crippen LogP contribution in [0.4, 0.5) is 5.69 Å². The summed E-state index contributed by atoms with van der Waals surface area (Å²) < 4.78 is 3.20. The highest BCUT2D eigenvalue weighted by Crippen LogP contribution is 2.18. The molecule has 0 aliphatic heterocycles. The van der Waals surface area contributed by atoms with Crippen LogP contribution in [-0.2, 0) is 13.6 Å². The first-order chi connectivity index (χ1) is 8.52. The minimum absolute atomic E-state index is 0.282. The lowest BCUT2D eigenvalue weighted by Gasteiger charge is -2.06. The van der Waals surface area contributed by atoms with Gasteiger partial charge in [0, 0.05) is 19.8 Å². The normalized spacial score (nSPS) is 10.7. The summed E-state index contributed by atoms with van der Waals surface area (Å²) in [6, 6.07) is 0. The van der Waals surface area contributed by atoms with Gasteiger partial charge in [0.05, 0.1) is 22.6 Å². The zero-order valence-corrected chi connectivity index (χ0v) is 11.2. The van der Waals surface area contributed by atoms with Crippen molar-refractivity contribution in [2.24, 2.45) is 7.05 Å². The Bertz CT molecular complexity index is 586. The van der Waals surface area contributed by atoms with Crippen molar-refractivity contribution in [1.29, 1.82) is 0 Å². The fourth-order valence-corrected chi connectivity index (χ4v) is 1.96. The van der Waals surface area contributed by atoms with Gasteiger partial charge in [0.25, 0.3) is 5.91 Å². The van der Waals surface area contributed by atoms with Crippen LogP contribution in [0, 0.1) is 6.92 Å². The van der Waals surface area contributed by atoms with Gasteiger partial charge in [-0.25, -0.2) is 0 Å². The average molecular weight is 268 g/mol. The van der Waals surface area contributed by atoms with Crippen molar-refractivity contribution in [2.75, 3.05) is 5.32 Å². The van der Waals surface area contributed by atoms with Gasteiger partial charge >= 0.3 is 0 Å². The summed E-state index contributed by atoms with van der Waals surface area (Å²) in [7, 11) is 1.80. The molecular formula is C11H14ClN5O. The molecule has 1 amide bonds. The number of aryl methyl sites for hydroxylation is 3. The van der Waals surface area contributed by atoms with Gasteiger partial charge in [-0.3, -0.25) is 14.2 Å². The first-order valence-corrected chi connectivity index (χ1v) is 5.93. The van der Waals surface area contributed by atoms with Gasteiger partial charge in [-0.2, -0.15) is 10.2 Å². The number of hydrogen-bond acceptors (Lipinski definition) is 3. The third-order valence-corrected chi connectivity index (χ3v) is 2.85. The summed E-state index contributed by atoms with van der Waals surface area (Å²) in [5.74, 6) is -0.282. The van der Waals surface area contributed by atoms with Crippen molar-refractivity contribution in [3.63, 3.8) is 0 Å². The maximum absolute atomic E-state index is 12.1. The highest BCUT2D eigenvalue weighted by atomic mass is 35.5. The first kappa shape index (κ1) is 12.6. The van der Waals surface area contributed by atoms with E-state index in [1.165, 1.54) is 6.20 Å². The summed E-state index contributed by atoms with van der Waals surface area (Å²) in [6.45, 7) is 4.31. The van der Waals surface area contributed by atoms with E-state index in [1.54, 1.807) is 22.6 Å². The molecule has 7 heteroatoms. The molecule has 0 fully saturated rings. The van der Waals surface area contributed by atoms with Crippen LogP contribution in [0.2, 0.25) is 5.02 Å². The van der Waals surface area contributed by atoms with Crippen LogP contribution in [0.25, 0.3) is 0 Å². The van der Waals surface area contributed by atoms with E-state index in [9.17, 15) is 4.79 Å². The van der Waals surface area contributed by atoms with Gasteiger partial charge in [-0.05, 0) is 13.8 Å². The standard InChI is InChI=1S/C11H14ClN5O/c1-4-17-10(8(12)5-13-17)11(18)14-9-6-16(3)15-7(9)2/h5-6H,4H2,1-3H3,(H,14,18). The SMILES string of the molecule is CCn1ncc(Cl)c1C(=O)Nc1cn(C)nc1C. The molecule has 6 nitrogen and oxygen atoms in total. The van der Waals surface area contributed by atoms with E-state index in [2.05, 4.69) is 15.5 Å². The topological polar surface area (TPSA) is 64.7 Å². The van der Waals surface area contributed by atoms with Crippen molar-refractivity contribution in [1.82, 2.24) is 19.6 Å². The predicted molar refractivity (Wildman–Crippen MR) is 68.8 cm³/mol. The molecule has 0 saturated carbocycles. The maximum atomic E-state index is 12.1. The van der Waals surface area contributed by atoms with Crippen molar-refractivity contribution < 1.29 is 4.79 Å². The molecule has 0 radical (unpaired) electrons. The fourth-order valence-electron chi connectivity index (χ4n) is 1.73. The number of hydrogen-bond donors (Lipinski definition) is 1. The third kappa shape index (κ3) is 2.24. The zero-order chi connectivity index (χ0) is 13.3. The third-order valence-electron chi connectivity index (χ3n) is 2.57. The smallest absolute Gasteiger partial charge is 0.275 e. The number of nitrogens with one attached hydrogen (secondary N) is 1. The molecule has 0 aromatic carbocycles. The van der Waals surface area contributed by atoms with Gasteiger partial charge in [0.1, 0.15) is 5.69 Å². The molecule has 2 rings (SSSR count). The number of amides is 1. The molecule has 0 aliphatic rings. The summed E-state index contributed by atoms with van der Waals surface area (Å²) in [4.78, 5) is 12.1. The molecule has 0 spiro atoms. The number of carbonyl (C=O) groups is 1. The molecule has 0 saturated heterocycles. The minimum atomic E-state index is -0.282. The van der Waals surface area contributed by atoms with Crippen LogP contribution in [0.15, 0.2) is 12.4 Å². The highest BCUT2D eigenvalue weighted by molar-refractivity contribution is 6.34. The van der Waals surface area contributed by atoms with E-state index in [4.69, 9.17) is 11.6 Å². The van der Waals surface area contributed by atoms with Gasteiger partial charge < -0.3 is 5.32 Å². The Morgan fingerprint density at radius 2 is 2.28 bits per heavy atom. The molecule has 1 N–H and O–H groups in total. The van der Waals surface area contributed by atoms with Crippen molar-refractivity contribution in [2.45, 2.75) is 20.4 Å². The van der Waals surface area contributed by atoms with Crippen molar-refractivity contribution in [3.05, 3.63) is 28.8 Å². The average Bonchev–Trinajstić information content (AvgIpc) is 2.82. The zero-order valence-electron chi connectivity index (χ0n) is 10.4. The van der Waals surface area contributed by atoms with Crippen molar-refractivity contribution in [3.8, 4) is 0 Å². The Morgan fingerprint density at radius 1 is 1.56 bits per heavy atom. The number of rotatable bonds is 3. The van der Waals surface area contributed by atoms with E-state index in [0.29, 0.717) is 22.9 Å². The van der Waals surface area contributed by atoms with E-state index in [0.717, 1.165) is 5.69 Å². The van der Waals surface area contributed by atoms with Crippen LogP contribution >= 0.6 is 11.6 Å². The Balaban J connectivity index is 2.27. The van der Waals surface area contributed by atoms with Gasteiger partial charge in [0.15, 0.2) is 0 Å². The molecule has 0 atom stereocenters. The lowest BCUT2D eigenvalue weighted by Crippen LogP contribution is -2.18.